The van der Waals surface area contributed by atoms with Crippen LogP contribution in [0.3, 0.4) is 0 Å². The highest BCUT2D eigenvalue weighted by Gasteiger charge is 2.41. The molecule has 0 aromatic heterocycles. The van der Waals surface area contributed by atoms with Gasteiger partial charge in [-0.1, -0.05) is 31.2 Å². The first kappa shape index (κ1) is 21.9. The smallest absolute Gasteiger partial charge is 0.277 e. The normalized spacial score (nSPS) is 16.9. The van der Waals surface area contributed by atoms with Gasteiger partial charge in [0.25, 0.3) is 11.8 Å². The Kier molecular flexibility index (Phi) is 6.49. The number of aryl methyl sites for hydroxylation is 1. The highest BCUT2D eigenvalue weighted by Crippen LogP contribution is 2.33. The first-order valence-corrected chi connectivity index (χ1v) is 11.4. The van der Waals surface area contributed by atoms with Crippen LogP contribution in [0.1, 0.15) is 31.4 Å². The number of anilines is 1. The molecule has 0 spiro atoms. The van der Waals surface area contributed by atoms with Crippen LogP contribution >= 0.6 is 0 Å². The lowest BCUT2D eigenvalue weighted by atomic mass is 10.0. The summed E-state index contributed by atoms with van der Waals surface area (Å²) in [5.41, 5.74) is 4.23. The maximum absolute atomic E-state index is 13.2. The predicted octanol–water partition coefficient (Wildman–Crippen LogP) is 3.71. The summed E-state index contributed by atoms with van der Waals surface area (Å²) >= 11 is 0. The molecule has 32 heavy (non-hydrogen) atoms. The Labute approximate surface area is 190 Å². The Morgan fingerprint density at radius 3 is 2.19 bits per heavy atom. The van der Waals surface area contributed by atoms with Crippen molar-refractivity contribution in [3.63, 3.8) is 0 Å². The zero-order valence-corrected chi connectivity index (χ0v) is 19.1. The third kappa shape index (κ3) is 4.22. The minimum Gasteiger partial charge on any atom is -0.494 e. The number of imide groups is 1. The van der Waals surface area contributed by atoms with Gasteiger partial charge in [0, 0.05) is 38.4 Å². The fourth-order valence-electron chi connectivity index (χ4n) is 4.35. The molecule has 2 aliphatic heterocycles. The number of nitrogens with zero attached hydrogens (tertiary/aromatic N) is 3. The number of rotatable bonds is 7. The van der Waals surface area contributed by atoms with Gasteiger partial charge in [-0.15, -0.1) is 0 Å². The van der Waals surface area contributed by atoms with Crippen LogP contribution in [0.2, 0.25) is 0 Å². The Balaban J connectivity index is 1.59. The van der Waals surface area contributed by atoms with Crippen molar-refractivity contribution in [2.75, 3.05) is 44.2 Å². The number of carbonyl (C=O) groups excluding carboxylic acids is 2. The predicted molar refractivity (Wildman–Crippen MR) is 127 cm³/mol. The number of benzene rings is 2. The molecule has 0 unspecified atom stereocenters. The second-order valence-electron chi connectivity index (χ2n) is 8.26. The molecule has 1 fully saturated rings. The van der Waals surface area contributed by atoms with Crippen molar-refractivity contribution < 1.29 is 14.3 Å². The highest BCUT2D eigenvalue weighted by atomic mass is 16.5. The SMILES string of the molecule is CCCOc1ccc(C2=C(N3CCN(c4cccc(C)c4)CC3)C(=O)N(CC)C2=O)cc1. The Bertz CT molecular complexity index is 1020. The monoisotopic (exact) mass is 433 g/mol. The summed E-state index contributed by atoms with van der Waals surface area (Å²) < 4.78 is 5.67. The molecule has 2 aliphatic rings. The van der Waals surface area contributed by atoms with Gasteiger partial charge in [-0.2, -0.15) is 0 Å². The van der Waals surface area contributed by atoms with E-state index in [1.54, 1.807) is 0 Å². The molecule has 1 saturated heterocycles. The average molecular weight is 434 g/mol. The van der Waals surface area contributed by atoms with E-state index in [4.69, 9.17) is 4.74 Å². The van der Waals surface area contributed by atoms with Gasteiger partial charge in [-0.3, -0.25) is 14.5 Å². The summed E-state index contributed by atoms with van der Waals surface area (Å²) in [6, 6.07) is 16.0. The summed E-state index contributed by atoms with van der Waals surface area (Å²) in [4.78, 5) is 32.1. The Morgan fingerprint density at radius 2 is 1.56 bits per heavy atom. The van der Waals surface area contributed by atoms with Gasteiger partial charge < -0.3 is 14.5 Å². The fourth-order valence-corrected chi connectivity index (χ4v) is 4.35. The summed E-state index contributed by atoms with van der Waals surface area (Å²) in [5.74, 6) is 0.368. The van der Waals surface area contributed by atoms with Crippen molar-refractivity contribution in [3.8, 4) is 5.75 Å². The van der Waals surface area contributed by atoms with Crippen molar-refractivity contribution in [1.29, 1.82) is 0 Å². The number of likely N-dealkylation sites (N-methyl/N-ethyl adjacent to an activating group) is 1. The standard InChI is InChI=1S/C26H31N3O3/c1-4-17-32-22-11-9-20(10-12-22)23-24(26(31)29(5-2)25(23)30)28-15-13-27(14-16-28)21-8-6-7-19(3)18-21/h6-12,18H,4-5,13-17H2,1-3H3. The van der Waals surface area contributed by atoms with E-state index in [-0.39, 0.29) is 11.8 Å². The van der Waals surface area contributed by atoms with E-state index < -0.39 is 0 Å². The van der Waals surface area contributed by atoms with Crippen LogP contribution < -0.4 is 9.64 Å². The summed E-state index contributed by atoms with van der Waals surface area (Å²) in [6.07, 6.45) is 0.935. The van der Waals surface area contributed by atoms with E-state index in [0.717, 1.165) is 30.8 Å². The van der Waals surface area contributed by atoms with Gasteiger partial charge in [0.1, 0.15) is 11.4 Å². The first-order chi connectivity index (χ1) is 15.5. The molecule has 0 atom stereocenters. The second-order valence-corrected chi connectivity index (χ2v) is 8.26. The third-order valence-electron chi connectivity index (χ3n) is 6.04. The van der Waals surface area contributed by atoms with Crippen LogP contribution in [0, 0.1) is 6.92 Å². The van der Waals surface area contributed by atoms with Gasteiger partial charge in [-0.25, -0.2) is 0 Å². The molecular formula is C26H31N3O3. The topological polar surface area (TPSA) is 53.1 Å². The lowest BCUT2D eigenvalue weighted by Gasteiger charge is -2.37. The molecule has 0 radical (unpaired) electrons. The van der Waals surface area contributed by atoms with Crippen LogP contribution in [-0.2, 0) is 9.59 Å². The van der Waals surface area contributed by atoms with E-state index in [9.17, 15) is 9.59 Å². The van der Waals surface area contributed by atoms with E-state index in [1.807, 2.05) is 31.2 Å². The van der Waals surface area contributed by atoms with E-state index in [2.05, 4.69) is 47.9 Å². The first-order valence-electron chi connectivity index (χ1n) is 11.4. The molecule has 2 aromatic carbocycles. The summed E-state index contributed by atoms with van der Waals surface area (Å²) in [5, 5.41) is 0. The molecule has 6 heteroatoms. The minimum absolute atomic E-state index is 0.192. The van der Waals surface area contributed by atoms with Crippen molar-refractivity contribution in [1.82, 2.24) is 9.80 Å². The molecule has 0 saturated carbocycles. The number of hydrogen-bond acceptors (Lipinski definition) is 5. The lowest BCUT2D eigenvalue weighted by Crippen LogP contribution is -2.47. The molecule has 4 rings (SSSR count). The molecule has 6 nitrogen and oxygen atoms in total. The largest absolute Gasteiger partial charge is 0.494 e. The number of amides is 2. The van der Waals surface area contributed by atoms with E-state index in [0.29, 0.717) is 37.5 Å². The second kappa shape index (κ2) is 9.47. The van der Waals surface area contributed by atoms with E-state index >= 15 is 0 Å². The van der Waals surface area contributed by atoms with Crippen molar-refractivity contribution in [3.05, 3.63) is 65.4 Å². The zero-order chi connectivity index (χ0) is 22.7. The van der Waals surface area contributed by atoms with Gasteiger partial charge >= 0.3 is 0 Å². The molecule has 0 bridgehead atoms. The quantitative estimate of drug-likeness (QED) is 0.623. The van der Waals surface area contributed by atoms with E-state index in [1.165, 1.54) is 16.2 Å². The third-order valence-corrected chi connectivity index (χ3v) is 6.04. The maximum Gasteiger partial charge on any atom is 0.277 e. The van der Waals surface area contributed by atoms with Crippen LogP contribution in [0.15, 0.2) is 54.2 Å². The number of ether oxygens (including phenoxy) is 1. The minimum atomic E-state index is -0.212. The van der Waals surface area contributed by atoms with Crippen LogP contribution in [-0.4, -0.2) is 60.9 Å². The fraction of sp³-hybridized carbons (Fsp3) is 0.385. The Hall–Kier alpha value is -3.28. The van der Waals surface area contributed by atoms with Gasteiger partial charge in [0.2, 0.25) is 0 Å². The Morgan fingerprint density at radius 1 is 0.875 bits per heavy atom. The van der Waals surface area contributed by atoms with Crippen LogP contribution in [0.25, 0.3) is 5.57 Å². The molecule has 2 heterocycles. The summed E-state index contributed by atoms with van der Waals surface area (Å²) in [6.45, 7) is 10.0. The van der Waals surface area contributed by atoms with Gasteiger partial charge in [-0.05, 0) is 55.7 Å². The highest BCUT2D eigenvalue weighted by molar-refractivity contribution is 6.35. The maximum atomic E-state index is 13.2. The van der Waals surface area contributed by atoms with Crippen molar-refractivity contribution in [2.45, 2.75) is 27.2 Å². The summed E-state index contributed by atoms with van der Waals surface area (Å²) in [7, 11) is 0. The van der Waals surface area contributed by atoms with Crippen LogP contribution in [0.5, 0.6) is 5.75 Å². The molecule has 0 N–H and O–H groups in total. The number of hydrogen-bond donors (Lipinski definition) is 0. The number of piperazine rings is 1. The molecule has 2 amide bonds. The molecule has 2 aromatic rings. The van der Waals surface area contributed by atoms with Crippen molar-refractivity contribution in [2.24, 2.45) is 0 Å². The van der Waals surface area contributed by atoms with Gasteiger partial charge in [0.05, 0.1) is 12.2 Å². The van der Waals surface area contributed by atoms with Crippen LogP contribution in [0.4, 0.5) is 5.69 Å². The lowest BCUT2D eigenvalue weighted by molar-refractivity contribution is -0.137. The average Bonchev–Trinajstić information content (AvgIpc) is 3.07. The van der Waals surface area contributed by atoms with Crippen molar-refractivity contribution >= 4 is 23.1 Å². The molecular weight excluding hydrogens is 402 g/mol. The van der Waals surface area contributed by atoms with Gasteiger partial charge in [0.15, 0.2) is 0 Å². The molecule has 168 valence electrons. The number of carbonyl (C=O) groups is 2. The molecule has 0 aliphatic carbocycles. The zero-order valence-electron chi connectivity index (χ0n) is 19.1.